The molecule has 0 bridgehead atoms. The minimum absolute atomic E-state index is 0.00439. The Hall–Kier alpha value is -1.36. The lowest BCUT2D eigenvalue weighted by atomic mass is 10.2. The number of rotatable bonds is 4. The zero-order valence-electron chi connectivity index (χ0n) is 8.90. The van der Waals surface area contributed by atoms with E-state index in [0.29, 0.717) is 0 Å². The first kappa shape index (κ1) is 13.7. The van der Waals surface area contributed by atoms with Crippen LogP contribution in [0.15, 0.2) is 22.0 Å². The number of H-pyrrole nitrogens is 1. The largest absolute Gasteiger partial charge is 0.326 e. The van der Waals surface area contributed by atoms with Crippen LogP contribution in [-0.2, 0) is 10.0 Å². The first-order chi connectivity index (χ1) is 7.86. The van der Waals surface area contributed by atoms with Crippen molar-refractivity contribution in [1.29, 1.82) is 5.26 Å². The molecule has 1 aromatic heterocycles. The van der Waals surface area contributed by atoms with E-state index in [0.717, 1.165) is 12.3 Å². The lowest BCUT2D eigenvalue weighted by molar-refractivity contribution is 0.572. The summed E-state index contributed by atoms with van der Waals surface area (Å²) in [5, 5.41) is 8.32. The Bertz CT molecular complexity index is 603. The highest BCUT2D eigenvalue weighted by Crippen LogP contribution is 2.10. The number of nitrogens with zero attached hydrogens (tertiary/aromatic N) is 1. The van der Waals surface area contributed by atoms with Crippen LogP contribution in [0.4, 0.5) is 0 Å². The van der Waals surface area contributed by atoms with Crippen molar-refractivity contribution < 1.29 is 8.42 Å². The quantitative estimate of drug-likeness (QED) is 0.833. The average molecular weight is 276 g/mol. The monoisotopic (exact) mass is 275 g/mol. The molecule has 6 nitrogen and oxygen atoms in total. The van der Waals surface area contributed by atoms with Gasteiger partial charge in [0.2, 0.25) is 10.0 Å². The summed E-state index contributed by atoms with van der Waals surface area (Å²) in [7, 11) is -3.76. The molecule has 1 heterocycles. The van der Waals surface area contributed by atoms with E-state index in [2.05, 4.69) is 9.71 Å². The van der Waals surface area contributed by atoms with E-state index in [-0.39, 0.29) is 16.5 Å². The topological polar surface area (TPSA) is 103 Å². The molecule has 17 heavy (non-hydrogen) atoms. The summed E-state index contributed by atoms with van der Waals surface area (Å²) in [5.74, 6) is -0.442. The highest BCUT2D eigenvalue weighted by atomic mass is 35.5. The number of hydrogen-bond donors (Lipinski definition) is 2. The molecular formula is C9H10ClN3O3S. The first-order valence-corrected chi connectivity index (χ1v) is 6.50. The van der Waals surface area contributed by atoms with Gasteiger partial charge in [-0.2, -0.15) is 5.26 Å². The molecule has 0 saturated carbocycles. The van der Waals surface area contributed by atoms with Gasteiger partial charge in [-0.3, -0.25) is 4.79 Å². The molecule has 0 spiro atoms. The third-order valence-corrected chi connectivity index (χ3v) is 3.63. The molecule has 1 atom stereocenters. The first-order valence-electron chi connectivity index (χ1n) is 4.64. The fourth-order valence-electron chi connectivity index (χ4n) is 0.957. The molecule has 2 N–H and O–H groups in total. The summed E-state index contributed by atoms with van der Waals surface area (Å²) < 4.78 is 25.7. The molecule has 8 heteroatoms. The summed E-state index contributed by atoms with van der Waals surface area (Å²) in [6, 6.07) is 2.95. The van der Waals surface area contributed by atoms with Gasteiger partial charge in [-0.1, -0.05) is 11.6 Å². The highest BCUT2D eigenvalue weighted by molar-refractivity contribution is 7.89. The molecule has 1 rings (SSSR count). The lowest BCUT2D eigenvalue weighted by Crippen LogP contribution is -2.28. The van der Waals surface area contributed by atoms with E-state index in [1.54, 1.807) is 6.92 Å². The Kier molecular flexibility index (Phi) is 4.28. The van der Waals surface area contributed by atoms with Gasteiger partial charge in [0, 0.05) is 12.7 Å². The fraction of sp³-hybridized carbons (Fsp3) is 0.333. The van der Waals surface area contributed by atoms with E-state index in [1.165, 1.54) is 0 Å². The van der Waals surface area contributed by atoms with E-state index in [9.17, 15) is 13.2 Å². The van der Waals surface area contributed by atoms with Crippen molar-refractivity contribution in [3.8, 4) is 6.07 Å². The maximum absolute atomic E-state index is 11.7. The van der Waals surface area contributed by atoms with Crippen molar-refractivity contribution in [2.75, 3.05) is 6.54 Å². The predicted octanol–water partition coefficient (Wildman–Crippen LogP) is 0.466. The molecular weight excluding hydrogens is 266 g/mol. The van der Waals surface area contributed by atoms with E-state index in [1.807, 2.05) is 6.07 Å². The van der Waals surface area contributed by atoms with Gasteiger partial charge in [0.05, 0.1) is 16.9 Å². The molecule has 0 radical (unpaired) electrons. The second kappa shape index (κ2) is 5.31. The maximum Gasteiger partial charge on any atom is 0.266 e. The van der Waals surface area contributed by atoms with Crippen molar-refractivity contribution in [3.63, 3.8) is 0 Å². The Morgan fingerprint density at radius 3 is 2.82 bits per heavy atom. The second-order valence-electron chi connectivity index (χ2n) is 3.39. The fourth-order valence-corrected chi connectivity index (χ4v) is 2.32. The van der Waals surface area contributed by atoms with Gasteiger partial charge >= 0.3 is 0 Å². The number of halogens is 1. The van der Waals surface area contributed by atoms with Gasteiger partial charge in [-0.05, 0) is 13.0 Å². The molecule has 1 unspecified atom stereocenters. The van der Waals surface area contributed by atoms with Gasteiger partial charge in [-0.15, -0.1) is 0 Å². The van der Waals surface area contributed by atoms with Crippen LogP contribution in [0.5, 0.6) is 0 Å². The van der Waals surface area contributed by atoms with Crippen LogP contribution in [0.2, 0.25) is 5.02 Å². The lowest BCUT2D eigenvalue weighted by Gasteiger charge is -2.07. The molecule has 1 aromatic rings. The molecule has 0 aliphatic rings. The van der Waals surface area contributed by atoms with E-state index >= 15 is 0 Å². The Morgan fingerprint density at radius 2 is 2.29 bits per heavy atom. The van der Waals surface area contributed by atoms with Gasteiger partial charge in [0.15, 0.2) is 0 Å². The maximum atomic E-state index is 11.7. The molecule has 0 aliphatic carbocycles. The second-order valence-corrected chi connectivity index (χ2v) is 5.57. The summed E-state index contributed by atoms with van der Waals surface area (Å²) in [6.45, 7) is 1.58. The van der Waals surface area contributed by atoms with Crippen molar-refractivity contribution in [2.45, 2.75) is 11.8 Å². The van der Waals surface area contributed by atoms with Crippen molar-refractivity contribution >= 4 is 21.6 Å². The number of pyridine rings is 1. The molecule has 0 saturated heterocycles. The zero-order chi connectivity index (χ0) is 13.1. The predicted molar refractivity (Wildman–Crippen MR) is 62.0 cm³/mol. The van der Waals surface area contributed by atoms with Crippen molar-refractivity contribution in [2.24, 2.45) is 5.92 Å². The molecule has 0 amide bonds. The molecule has 0 aliphatic heterocycles. The summed E-state index contributed by atoms with van der Waals surface area (Å²) in [6.07, 6.45) is 1.05. The SMILES string of the molecule is CC(C#N)CNS(=O)(=O)c1c[nH]c(=O)c(Cl)c1. The van der Waals surface area contributed by atoms with E-state index in [4.69, 9.17) is 16.9 Å². The molecule has 0 fully saturated rings. The van der Waals surface area contributed by atoms with Gasteiger partial charge in [0.1, 0.15) is 5.02 Å². The normalized spacial score (nSPS) is 13.0. The van der Waals surface area contributed by atoms with Gasteiger partial charge in [0.25, 0.3) is 5.56 Å². The summed E-state index contributed by atoms with van der Waals surface area (Å²) >= 11 is 5.52. The minimum atomic E-state index is -3.76. The van der Waals surface area contributed by atoms with Crippen molar-refractivity contribution in [1.82, 2.24) is 9.71 Å². The minimum Gasteiger partial charge on any atom is -0.326 e. The summed E-state index contributed by atoms with van der Waals surface area (Å²) in [4.78, 5) is 13.0. The standard InChI is InChI=1S/C9H10ClN3O3S/c1-6(3-11)4-13-17(15,16)7-2-8(10)9(14)12-5-7/h2,5-6,13H,4H2,1H3,(H,12,14). The molecule has 92 valence electrons. The number of hydrogen-bond acceptors (Lipinski definition) is 4. The number of aromatic nitrogens is 1. The van der Waals surface area contributed by atoms with Gasteiger partial charge < -0.3 is 4.98 Å². The van der Waals surface area contributed by atoms with Crippen LogP contribution in [0.1, 0.15) is 6.92 Å². The summed E-state index contributed by atoms with van der Waals surface area (Å²) in [5.41, 5.74) is -0.559. The average Bonchev–Trinajstić information content (AvgIpc) is 2.29. The van der Waals surface area contributed by atoms with Crippen LogP contribution in [0.3, 0.4) is 0 Å². The number of nitrogens with one attached hydrogen (secondary N) is 2. The third kappa shape index (κ3) is 3.56. The number of nitriles is 1. The van der Waals surface area contributed by atoms with Crippen LogP contribution in [0.25, 0.3) is 0 Å². The number of aromatic amines is 1. The third-order valence-electron chi connectivity index (χ3n) is 1.94. The zero-order valence-corrected chi connectivity index (χ0v) is 10.5. The highest BCUT2D eigenvalue weighted by Gasteiger charge is 2.16. The molecule has 0 aromatic carbocycles. The van der Waals surface area contributed by atoms with Crippen LogP contribution < -0.4 is 10.3 Å². The number of sulfonamides is 1. The van der Waals surface area contributed by atoms with E-state index < -0.39 is 21.5 Å². The Balaban J connectivity index is 2.95. The Labute approximate surface area is 103 Å². The van der Waals surface area contributed by atoms with Crippen LogP contribution in [-0.4, -0.2) is 19.9 Å². The van der Waals surface area contributed by atoms with Crippen LogP contribution >= 0.6 is 11.6 Å². The van der Waals surface area contributed by atoms with Crippen LogP contribution in [0, 0.1) is 17.2 Å². The van der Waals surface area contributed by atoms with Crippen molar-refractivity contribution in [3.05, 3.63) is 27.6 Å². The Morgan fingerprint density at radius 1 is 1.65 bits per heavy atom. The van der Waals surface area contributed by atoms with Gasteiger partial charge in [-0.25, -0.2) is 13.1 Å². The smallest absolute Gasteiger partial charge is 0.266 e.